The number of carbonyl (C=O) groups is 3. The molecule has 82 valence electrons. The molecular formula is C9H12N2O4. The second-order valence-corrected chi connectivity index (χ2v) is 3.93. The van der Waals surface area contributed by atoms with Crippen LogP contribution in [-0.4, -0.2) is 46.4 Å². The van der Waals surface area contributed by atoms with Crippen molar-refractivity contribution in [2.24, 2.45) is 0 Å². The van der Waals surface area contributed by atoms with Crippen molar-refractivity contribution in [2.45, 2.75) is 31.3 Å². The third-order valence-electron chi connectivity index (χ3n) is 2.68. The maximum Gasteiger partial charge on any atom is 0.317 e. The van der Waals surface area contributed by atoms with Gasteiger partial charge in [0.2, 0.25) is 11.8 Å². The summed E-state index contributed by atoms with van der Waals surface area (Å²) in [6.45, 7) is -0.171. The number of aliphatic carboxylic acids is 1. The minimum absolute atomic E-state index is 0.0859. The summed E-state index contributed by atoms with van der Waals surface area (Å²) in [6.07, 6.45) is 1.90. The number of nitrogens with one attached hydrogen (secondary N) is 1. The number of carbonyl (C=O) groups excluding carboxylic acids is 2. The lowest BCUT2D eigenvalue weighted by Crippen LogP contribution is -2.44. The van der Waals surface area contributed by atoms with Crippen LogP contribution in [0.15, 0.2) is 0 Å². The van der Waals surface area contributed by atoms with Crippen LogP contribution in [0.3, 0.4) is 0 Å². The van der Waals surface area contributed by atoms with Crippen LogP contribution in [0.1, 0.15) is 19.3 Å². The predicted octanol–water partition coefficient (Wildman–Crippen LogP) is -1.05. The van der Waals surface area contributed by atoms with Crippen molar-refractivity contribution >= 4 is 17.8 Å². The van der Waals surface area contributed by atoms with E-state index in [1.165, 1.54) is 0 Å². The van der Waals surface area contributed by atoms with E-state index in [1.54, 1.807) is 4.90 Å². The van der Waals surface area contributed by atoms with Gasteiger partial charge in [-0.25, -0.2) is 0 Å². The van der Waals surface area contributed by atoms with E-state index in [-0.39, 0.29) is 30.8 Å². The summed E-state index contributed by atoms with van der Waals surface area (Å²) in [5.41, 5.74) is 0. The largest absolute Gasteiger partial charge is 0.480 e. The van der Waals surface area contributed by atoms with Crippen LogP contribution in [0.5, 0.6) is 0 Å². The van der Waals surface area contributed by atoms with Crippen LogP contribution in [-0.2, 0) is 14.4 Å². The molecule has 6 nitrogen and oxygen atoms in total. The number of hydrogen-bond acceptors (Lipinski definition) is 4. The standard InChI is InChI=1S/C9H12N2O4/c12-7-3-6(9(15)10-7)11(4-8(13)14)5-1-2-5/h5-6H,1-4H2,(H,13,14)(H,10,12,15). The Balaban J connectivity index is 2.07. The Morgan fingerprint density at radius 1 is 1.47 bits per heavy atom. The first kappa shape index (κ1) is 10.1. The molecule has 0 aromatic heterocycles. The monoisotopic (exact) mass is 212 g/mol. The van der Waals surface area contributed by atoms with Gasteiger partial charge in [0.1, 0.15) is 0 Å². The number of carboxylic acids is 1. The third-order valence-corrected chi connectivity index (χ3v) is 2.68. The second-order valence-electron chi connectivity index (χ2n) is 3.93. The summed E-state index contributed by atoms with van der Waals surface area (Å²) in [5.74, 6) is -1.65. The average molecular weight is 212 g/mol. The smallest absolute Gasteiger partial charge is 0.317 e. The maximum absolute atomic E-state index is 11.4. The number of imide groups is 1. The highest BCUT2D eigenvalue weighted by Gasteiger charge is 2.42. The topological polar surface area (TPSA) is 86.7 Å². The molecule has 0 aromatic rings. The Labute approximate surface area is 86.2 Å². The van der Waals surface area contributed by atoms with Gasteiger partial charge in [0.05, 0.1) is 19.0 Å². The minimum atomic E-state index is -0.964. The quantitative estimate of drug-likeness (QED) is 0.581. The van der Waals surface area contributed by atoms with Crippen molar-refractivity contribution in [3.8, 4) is 0 Å². The molecule has 0 spiro atoms. The van der Waals surface area contributed by atoms with Crippen LogP contribution >= 0.6 is 0 Å². The molecule has 2 N–H and O–H groups in total. The first-order valence-electron chi connectivity index (χ1n) is 4.89. The van der Waals surface area contributed by atoms with Gasteiger partial charge in [0.25, 0.3) is 0 Å². The van der Waals surface area contributed by atoms with Gasteiger partial charge in [-0.15, -0.1) is 0 Å². The summed E-state index contributed by atoms with van der Waals surface area (Å²) >= 11 is 0. The van der Waals surface area contributed by atoms with E-state index in [0.717, 1.165) is 12.8 Å². The molecule has 15 heavy (non-hydrogen) atoms. The molecule has 2 fully saturated rings. The molecule has 2 amide bonds. The lowest BCUT2D eigenvalue weighted by Gasteiger charge is -2.23. The van der Waals surface area contributed by atoms with Crippen molar-refractivity contribution in [1.82, 2.24) is 10.2 Å². The molecule has 1 saturated heterocycles. The Kier molecular flexibility index (Phi) is 2.44. The van der Waals surface area contributed by atoms with Crippen molar-refractivity contribution in [1.29, 1.82) is 0 Å². The van der Waals surface area contributed by atoms with Gasteiger partial charge >= 0.3 is 5.97 Å². The minimum Gasteiger partial charge on any atom is -0.480 e. The summed E-state index contributed by atoms with van der Waals surface area (Å²) < 4.78 is 0. The molecule has 6 heteroatoms. The molecule has 0 aromatic carbocycles. The fourth-order valence-electron chi connectivity index (χ4n) is 1.86. The maximum atomic E-state index is 11.4. The zero-order valence-electron chi connectivity index (χ0n) is 8.10. The third kappa shape index (κ3) is 2.15. The molecule has 2 aliphatic rings. The zero-order chi connectivity index (χ0) is 11.0. The lowest BCUT2D eigenvalue weighted by atomic mass is 10.2. The lowest BCUT2D eigenvalue weighted by molar-refractivity contribution is -0.140. The summed E-state index contributed by atoms with van der Waals surface area (Å²) in [7, 11) is 0. The Bertz CT molecular complexity index is 324. The molecule has 1 aliphatic carbocycles. The van der Waals surface area contributed by atoms with E-state index in [4.69, 9.17) is 5.11 Å². The number of carboxylic acid groups (broad SMARTS) is 1. The first-order chi connectivity index (χ1) is 7.08. The average Bonchev–Trinajstić information content (AvgIpc) is 2.89. The van der Waals surface area contributed by atoms with Crippen molar-refractivity contribution in [2.75, 3.05) is 6.54 Å². The fourth-order valence-corrected chi connectivity index (χ4v) is 1.86. The molecule has 1 unspecified atom stereocenters. The number of nitrogens with zero attached hydrogens (tertiary/aromatic N) is 1. The van der Waals surface area contributed by atoms with E-state index >= 15 is 0 Å². The Hall–Kier alpha value is -1.43. The van der Waals surface area contributed by atoms with Crippen LogP contribution in [0.4, 0.5) is 0 Å². The van der Waals surface area contributed by atoms with Crippen molar-refractivity contribution in [3.63, 3.8) is 0 Å². The zero-order valence-corrected chi connectivity index (χ0v) is 8.10. The Morgan fingerprint density at radius 3 is 2.53 bits per heavy atom. The molecule has 1 heterocycles. The predicted molar refractivity (Wildman–Crippen MR) is 48.9 cm³/mol. The summed E-state index contributed by atoms with van der Waals surface area (Å²) in [6, 6.07) is -0.427. The van der Waals surface area contributed by atoms with Crippen LogP contribution in [0, 0.1) is 0 Å². The first-order valence-corrected chi connectivity index (χ1v) is 4.89. The van der Waals surface area contributed by atoms with Gasteiger partial charge in [0, 0.05) is 6.04 Å². The number of amides is 2. The van der Waals surface area contributed by atoms with Gasteiger partial charge in [0.15, 0.2) is 0 Å². The number of rotatable bonds is 4. The molecule has 1 aliphatic heterocycles. The Morgan fingerprint density at radius 2 is 2.13 bits per heavy atom. The van der Waals surface area contributed by atoms with Gasteiger partial charge in [-0.2, -0.15) is 0 Å². The molecule has 2 rings (SSSR count). The molecule has 1 saturated carbocycles. The van der Waals surface area contributed by atoms with E-state index < -0.39 is 12.0 Å². The van der Waals surface area contributed by atoms with E-state index in [1.807, 2.05) is 0 Å². The normalized spacial score (nSPS) is 25.8. The molecule has 0 bridgehead atoms. The highest BCUT2D eigenvalue weighted by atomic mass is 16.4. The van der Waals surface area contributed by atoms with Gasteiger partial charge < -0.3 is 5.11 Å². The van der Waals surface area contributed by atoms with Crippen LogP contribution in [0.25, 0.3) is 0 Å². The van der Waals surface area contributed by atoms with Crippen molar-refractivity contribution in [3.05, 3.63) is 0 Å². The van der Waals surface area contributed by atoms with E-state index in [9.17, 15) is 14.4 Å². The highest BCUT2D eigenvalue weighted by Crippen LogP contribution is 2.30. The molecule has 1 atom stereocenters. The van der Waals surface area contributed by atoms with E-state index in [2.05, 4.69) is 5.32 Å². The summed E-state index contributed by atoms with van der Waals surface area (Å²) in [4.78, 5) is 34.6. The molecule has 0 radical (unpaired) electrons. The summed E-state index contributed by atoms with van der Waals surface area (Å²) in [5, 5.41) is 10.9. The van der Waals surface area contributed by atoms with Crippen LogP contribution < -0.4 is 5.32 Å². The van der Waals surface area contributed by atoms with Gasteiger partial charge in [-0.05, 0) is 12.8 Å². The van der Waals surface area contributed by atoms with Gasteiger partial charge in [-0.1, -0.05) is 0 Å². The van der Waals surface area contributed by atoms with Crippen LogP contribution in [0.2, 0.25) is 0 Å². The van der Waals surface area contributed by atoms with E-state index in [0.29, 0.717) is 0 Å². The second kappa shape index (κ2) is 3.62. The molecular weight excluding hydrogens is 200 g/mol. The SMILES string of the molecule is O=C(O)CN(C1CC1)C1CC(=O)NC1=O. The fraction of sp³-hybridized carbons (Fsp3) is 0.667. The van der Waals surface area contributed by atoms with Crippen molar-refractivity contribution < 1.29 is 19.5 Å². The highest BCUT2D eigenvalue weighted by molar-refractivity contribution is 6.05. The van der Waals surface area contributed by atoms with Gasteiger partial charge in [-0.3, -0.25) is 24.6 Å². The number of hydrogen-bond donors (Lipinski definition) is 2.